The van der Waals surface area contributed by atoms with Crippen molar-refractivity contribution in [2.45, 2.75) is 13.5 Å². The lowest BCUT2D eigenvalue weighted by Crippen LogP contribution is -2.00. The van der Waals surface area contributed by atoms with Crippen LogP contribution in [-0.2, 0) is 6.54 Å². The summed E-state index contributed by atoms with van der Waals surface area (Å²) in [5.74, 6) is 1.40. The maximum absolute atomic E-state index is 5.89. The molecule has 0 atom stereocenters. The van der Waals surface area contributed by atoms with Gasteiger partial charge in [-0.2, -0.15) is 0 Å². The lowest BCUT2D eigenvalue weighted by atomic mass is 10.1. The van der Waals surface area contributed by atoms with Crippen molar-refractivity contribution < 1.29 is 4.74 Å². The van der Waals surface area contributed by atoms with Gasteiger partial charge in [0.1, 0.15) is 5.75 Å². The maximum Gasteiger partial charge on any atom is 0.220 e. The van der Waals surface area contributed by atoms with Crippen molar-refractivity contribution in [2.24, 2.45) is 5.73 Å². The van der Waals surface area contributed by atoms with Gasteiger partial charge >= 0.3 is 0 Å². The molecule has 0 aliphatic rings. The number of para-hydroxylation sites is 2. The maximum atomic E-state index is 5.89. The monoisotopic (exact) mass is 264 g/mol. The van der Waals surface area contributed by atoms with E-state index in [9.17, 15) is 0 Å². The highest BCUT2D eigenvalue weighted by Gasteiger charge is 2.07. The summed E-state index contributed by atoms with van der Waals surface area (Å²) in [6.07, 6.45) is 0. The Morgan fingerprint density at radius 2 is 1.80 bits per heavy atom. The predicted octanol–water partition coefficient (Wildman–Crippen LogP) is 3.79. The van der Waals surface area contributed by atoms with Crippen molar-refractivity contribution in [1.29, 1.82) is 0 Å². The van der Waals surface area contributed by atoms with E-state index in [2.05, 4.69) is 4.98 Å². The second kappa shape index (κ2) is 5.31. The van der Waals surface area contributed by atoms with Crippen LogP contribution in [0.2, 0.25) is 0 Å². The van der Waals surface area contributed by atoms with E-state index in [0.29, 0.717) is 12.4 Å². The molecule has 0 radical (unpaired) electrons. The molecule has 2 aromatic carbocycles. The van der Waals surface area contributed by atoms with Gasteiger partial charge in [-0.25, -0.2) is 4.98 Å². The van der Waals surface area contributed by atoms with Crippen molar-refractivity contribution in [2.75, 3.05) is 0 Å². The zero-order valence-electron chi connectivity index (χ0n) is 11.3. The van der Waals surface area contributed by atoms with Gasteiger partial charge in [0, 0.05) is 18.0 Å². The molecule has 2 N–H and O–H groups in total. The van der Waals surface area contributed by atoms with Crippen molar-refractivity contribution in [3.05, 3.63) is 65.7 Å². The van der Waals surface area contributed by atoms with E-state index in [-0.39, 0.29) is 0 Å². The van der Waals surface area contributed by atoms with Gasteiger partial charge in [0.05, 0.1) is 5.52 Å². The van der Waals surface area contributed by atoms with Crippen LogP contribution in [0.25, 0.3) is 10.9 Å². The molecule has 20 heavy (non-hydrogen) atoms. The summed E-state index contributed by atoms with van der Waals surface area (Å²) >= 11 is 0. The Kier molecular flexibility index (Phi) is 3.35. The Balaban J connectivity index is 2.06. The second-order valence-corrected chi connectivity index (χ2v) is 4.71. The minimum Gasteiger partial charge on any atom is -0.439 e. The Morgan fingerprint density at radius 1 is 1.05 bits per heavy atom. The molecule has 0 bridgehead atoms. The molecule has 3 nitrogen and oxygen atoms in total. The first-order valence-electron chi connectivity index (χ1n) is 6.60. The molecule has 3 aromatic rings. The number of rotatable bonds is 3. The Labute approximate surface area is 118 Å². The van der Waals surface area contributed by atoms with Crippen LogP contribution in [0.3, 0.4) is 0 Å². The smallest absolute Gasteiger partial charge is 0.220 e. The zero-order chi connectivity index (χ0) is 13.9. The van der Waals surface area contributed by atoms with Crippen LogP contribution in [0, 0.1) is 6.92 Å². The van der Waals surface area contributed by atoms with Gasteiger partial charge in [0.15, 0.2) is 0 Å². The van der Waals surface area contributed by atoms with Crippen LogP contribution in [0.1, 0.15) is 11.1 Å². The van der Waals surface area contributed by atoms with E-state index >= 15 is 0 Å². The quantitative estimate of drug-likeness (QED) is 0.782. The number of nitrogens with zero attached hydrogens (tertiary/aromatic N) is 1. The summed E-state index contributed by atoms with van der Waals surface area (Å²) < 4.78 is 5.89. The van der Waals surface area contributed by atoms with Gasteiger partial charge in [-0.1, -0.05) is 36.4 Å². The third kappa shape index (κ3) is 2.36. The average molecular weight is 264 g/mol. The largest absolute Gasteiger partial charge is 0.439 e. The van der Waals surface area contributed by atoms with Gasteiger partial charge < -0.3 is 10.5 Å². The first-order chi connectivity index (χ1) is 9.78. The van der Waals surface area contributed by atoms with E-state index in [0.717, 1.165) is 27.8 Å². The second-order valence-electron chi connectivity index (χ2n) is 4.71. The van der Waals surface area contributed by atoms with E-state index in [1.54, 1.807) is 0 Å². The fourth-order valence-corrected chi connectivity index (χ4v) is 2.23. The molecule has 0 spiro atoms. The summed E-state index contributed by atoms with van der Waals surface area (Å²) in [4.78, 5) is 4.54. The van der Waals surface area contributed by atoms with Crippen LogP contribution in [-0.4, -0.2) is 4.98 Å². The predicted molar refractivity (Wildman–Crippen MR) is 80.9 cm³/mol. The Morgan fingerprint density at radius 3 is 2.60 bits per heavy atom. The Hall–Kier alpha value is -2.39. The highest BCUT2D eigenvalue weighted by molar-refractivity contribution is 5.82. The van der Waals surface area contributed by atoms with Gasteiger partial charge in [-0.05, 0) is 30.2 Å². The van der Waals surface area contributed by atoms with Crippen LogP contribution in [0.4, 0.5) is 0 Å². The first-order valence-corrected chi connectivity index (χ1v) is 6.60. The Bertz CT molecular complexity index is 753. The molecular formula is C17H16N2O. The molecule has 0 fully saturated rings. The number of fused-ring (bicyclic) bond motifs is 1. The molecule has 3 heteroatoms. The number of ether oxygens (including phenoxy) is 1. The summed E-state index contributed by atoms with van der Waals surface area (Å²) in [6, 6.07) is 17.8. The fraction of sp³-hybridized carbons (Fsp3) is 0.118. The van der Waals surface area contributed by atoms with Crippen molar-refractivity contribution >= 4 is 10.9 Å². The number of pyridine rings is 1. The summed E-state index contributed by atoms with van der Waals surface area (Å²) in [7, 11) is 0. The van der Waals surface area contributed by atoms with E-state index in [4.69, 9.17) is 10.5 Å². The summed E-state index contributed by atoms with van der Waals surface area (Å²) in [6.45, 7) is 2.48. The molecule has 0 aliphatic heterocycles. The third-order valence-electron chi connectivity index (χ3n) is 3.31. The van der Waals surface area contributed by atoms with Crippen LogP contribution >= 0.6 is 0 Å². The van der Waals surface area contributed by atoms with E-state index in [1.807, 2.05) is 61.5 Å². The topological polar surface area (TPSA) is 48.1 Å². The van der Waals surface area contributed by atoms with Crippen LogP contribution in [0.15, 0.2) is 54.6 Å². The van der Waals surface area contributed by atoms with Crippen molar-refractivity contribution in [1.82, 2.24) is 4.98 Å². The lowest BCUT2D eigenvalue weighted by Gasteiger charge is -2.10. The molecule has 1 heterocycles. The minimum atomic E-state index is 0.465. The van der Waals surface area contributed by atoms with E-state index in [1.165, 1.54) is 0 Å². The number of nitrogens with two attached hydrogens (primary N) is 1. The standard InChI is InChI=1S/C17H16N2O/c1-12-6-2-5-9-16(12)20-17-10-13(11-18)14-7-3-4-8-15(14)19-17/h2-10H,11,18H2,1H3. The minimum absolute atomic E-state index is 0.465. The first kappa shape index (κ1) is 12.6. The number of benzene rings is 2. The van der Waals surface area contributed by atoms with E-state index < -0.39 is 0 Å². The molecule has 100 valence electrons. The normalized spacial score (nSPS) is 10.7. The molecule has 0 unspecified atom stereocenters. The fourth-order valence-electron chi connectivity index (χ4n) is 2.23. The molecule has 0 aliphatic carbocycles. The molecule has 0 saturated carbocycles. The molecular weight excluding hydrogens is 248 g/mol. The lowest BCUT2D eigenvalue weighted by molar-refractivity contribution is 0.461. The number of hydrogen-bond acceptors (Lipinski definition) is 3. The number of aryl methyl sites for hydroxylation is 1. The summed E-state index contributed by atoms with van der Waals surface area (Å²) in [5.41, 5.74) is 8.85. The molecule has 0 saturated heterocycles. The van der Waals surface area contributed by atoms with Crippen molar-refractivity contribution in [3.8, 4) is 11.6 Å². The summed E-state index contributed by atoms with van der Waals surface area (Å²) in [5, 5.41) is 1.08. The van der Waals surface area contributed by atoms with Crippen molar-refractivity contribution in [3.63, 3.8) is 0 Å². The number of aromatic nitrogens is 1. The number of hydrogen-bond donors (Lipinski definition) is 1. The third-order valence-corrected chi connectivity index (χ3v) is 3.31. The van der Waals surface area contributed by atoms with Gasteiger partial charge in [-0.15, -0.1) is 0 Å². The van der Waals surface area contributed by atoms with Gasteiger partial charge in [-0.3, -0.25) is 0 Å². The zero-order valence-corrected chi connectivity index (χ0v) is 11.3. The molecule has 0 amide bonds. The van der Waals surface area contributed by atoms with Gasteiger partial charge in [0.25, 0.3) is 0 Å². The molecule has 1 aromatic heterocycles. The van der Waals surface area contributed by atoms with Crippen LogP contribution < -0.4 is 10.5 Å². The highest BCUT2D eigenvalue weighted by atomic mass is 16.5. The average Bonchev–Trinajstić information content (AvgIpc) is 2.49. The van der Waals surface area contributed by atoms with Crippen LogP contribution in [0.5, 0.6) is 11.6 Å². The molecule has 3 rings (SSSR count). The highest BCUT2D eigenvalue weighted by Crippen LogP contribution is 2.27. The van der Waals surface area contributed by atoms with Gasteiger partial charge in [0.2, 0.25) is 5.88 Å². The SMILES string of the molecule is Cc1ccccc1Oc1cc(CN)c2ccccc2n1.